The molecule has 6 nitrogen and oxygen atoms in total. The van der Waals surface area contributed by atoms with Crippen molar-refractivity contribution in [1.82, 2.24) is 0 Å². The molecule has 0 bridgehead atoms. The van der Waals surface area contributed by atoms with Crippen LogP contribution in [0.4, 0.5) is 11.4 Å². The zero-order valence-electron chi connectivity index (χ0n) is 12.1. The zero-order chi connectivity index (χ0) is 15.1. The molecule has 1 aliphatic heterocycles. The van der Waals surface area contributed by atoms with Gasteiger partial charge in [-0.2, -0.15) is 0 Å². The third kappa shape index (κ3) is 4.75. The highest BCUT2D eigenvalue weighted by atomic mass is 16.5. The number of hydrogen-bond acceptors (Lipinski definition) is 5. The standard InChI is InChI=1S/C15H20N2O4/c1-2-15(19)21-11-14(18)16-12-3-5-13(6-4-12)17-7-9-20-10-8-17/h3-6H,2,7-11H2,1H3,(H,16,18). The Kier molecular flexibility index (Phi) is 5.57. The number of morpholine rings is 1. The first-order chi connectivity index (χ1) is 10.2. The summed E-state index contributed by atoms with van der Waals surface area (Å²) >= 11 is 0. The lowest BCUT2D eigenvalue weighted by Gasteiger charge is -2.28. The van der Waals surface area contributed by atoms with E-state index in [0.717, 1.165) is 32.0 Å². The lowest BCUT2D eigenvalue weighted by atomic mass is 10.2. The van der Waals surface area contributed by atoms with Crippen molar-refractivity contribution in [3.05, 3.63) is 24.3 Å². The molecule has 0 aliphatic carbocycles. The van der Waals surface area contributed by atoms with Gasteiger partial charge in [0.2, 0.25) is 0 Å². The van der Waals surface area contributed by atoms with Crippen molar-refractivity contribution in [2.45, 2.75) is 13.3 Å². The molecule has 21 heavy (non-hydrogen) atoms. The lowest BCUT2D eigenvalue weighted by Crippen LogP contribution is -2.36. The first-order valence-corrected chi connectivity index (χ1v) is 7.07. The molecule has 1 fully saturated rings. The van der Waals surface area contributed by atoms with Crippen molar-refractivity contribution in [3.63, 3.8) is 0 Å². The summed E-state index contributed by atoms with van der Waals surface area (Å²) in [6, 6.07) is 7.59. The van der Waals surface area contributed by atoms with Gasteiger partial charge in [-0.05, 0) is 24.3 Å². The average molecular weight is 292 g/mol. The number of nitrogens with zero attached hydrogens (tertiary/aromatic N) is 1. The number of anilines is 2. The van der Waals surface area contributed by atoms with Crippen LogP contribution in [-0.4, -0.2) is 44.8 Å². The topological polar surface area (TPSA) is 67.9 Å². The fourth-order valence-electron chi connectivity index (χ4n) is 2.02. The predicted molar refractivity (Wildman–Crippen MR) is 79.4 cm³/mol. The quantitative estimate of drug-likeness (QED) is 0.831. The first-order valence-electron chi connectivity index (χ1n) is 7.07. The van der Waals surface area contributed by atoms with Gasteiger partial charge in [-0.3, -0.25) is 9.59 Å². The monoisotopic (exact) mass is 292 g/mol. The van der Waals surface area contributed by atoms with Crippen LogP contribution in [0, 0.1) is 0 Å². The van der Waals surface area contributed by atoms with Gasteiger partial charge in [0, 0.05) is 30.9 Å². The fraction of sp³-hybridized carbons (Fsp3) is 0.467. The van der Waals surface area contributed by atoms with Gasteiger partial charge in [0.1, 0.15) is 0 Å². The Morgan fingerprint density at radius 3 is 2.52 bits per heavy atom. The maximum Gasteiger partial charge on any atom is 0.306 e. The number of carbonyl (C=O) groups excluding carboxylic acids is 2. The minimum Gasteiger partial charge on any atom is -0.456 e. The Morgan fingerprint density at radius 1 is 1.24 bits per heavy atom. The van der Waals surface area contributed by atoms with E-state index < -0.39 is 0 Å². The fourth-order valence-corrected chi connectivity index (χ4v) is 2.02. The van der Waals surface area contributed by atoms with Crippen LogP contribution in [0.1, 0.15) is 13.3 Å². The molecular formula is C15H20N2O4. The maximum absolute atomic E-state index is 11.6. The van der Waals surface area contributed by atoms with E-state index in [-0.39, 0.29) is 24.9 Å². The molecule has 1 aromatic carbocycles. The van der Waals surface area contributed by atoms with E-state index in [1.54, 1.807) is 6.92 Å². The van der Waals surface area contributed by atoms with Gasteiger partial charge in [-0.15, -0.1) is 0 Å². The molecule has 1 heterocycles. The highest BCUT2D eigenvalue weighted by molar-refractivity contribution is 5.92. The Balaban J connectivity index is 1.84. The van der Waals surface area contributed by atoms with E-state index >= 15 is 0 Å². The van der Waals surface area contributed by atoms with Crippen LogP contribution < -0.4 is 10.2 Å². The highest BCUT2D eigenvalue weighted by Gasteiger charge is 2.11. The molecule has 1 aromatic rings. The number of esters is 1. The molecular weight excluding hydrogens is 272 g/mol. The molecule has 0 radical (unpaired) electrons. The van der Waals surface area contributed by atoms with Crippen LogP contribution in [0.3, 0.4) is 0 Å². The largest absolute Gasteiger partial charge is 0.456 e. The number of benzene rings is 1. The van der Waals surface area contributed by atoms with Gasteiger partial charge in [0.25, 0.3) is 5.91 Å². The molecule has 2 rings (SSSR count). The van der Waals surface area contributed by atoms with Crippen LogP contribution in [0.15, 0.2) is 24.3 Å². The molecule has 1 amide bonds. The van der Waals surface area contributed by atoms with Crippen LogP contribution in [-0.2, 0) is 19.1 Å². The minimum atomic E-state index is -0.382. The van der Waals surface area contributed by atoms with Crippen molar-refractivity contribution in [2.75, 3.05) is 43.1 Å². The minimum absolute atomic E-state index is 0.252. The van der Waals surface area contributed by atoms with Crippen LogP contribution in [0.25, 0.3) is 0 Å². The summed E-state index contributed by atoms with van der Waals surface area (Å²) in [7, 11) is 0. The predicted octanol–water partition coefficient (Wildman–Crippen LogP) is 1.41. The molecule has 1 N–H and O–H groups in total. The molecule has 6 heteroatoms. The normalized spacial score (nSPS) is 14.6. The van der Waals surface area contributed by atoms with E-state index in [4.69, 9.17) is 9.47 Å². The molecule has 0 spiro atoms. The first kappa shape index (κ1) is 15.3. The summed E-state index contributed by atoms with van der Waals surface area (Å²) in [6.45, 7) is 4.66. The van der Waals surface area contributed by atoms with E-state index in [2.05, 4.69) is 10.2 Å². The average Bonchev–Trinajstić information content (AvgIpc) is 2.54. The zero-order valence-corrected chi connectivity index (χ0v) is 12.1. The highest BCUT2D eigenvalue weighted by Crippen LogP contribution is 2.18. The number of ether oxygens (including phenoxy) is 2. The van der Waals surface area contributed by atoms with Crippen LogP contribution >= 0.6 is 0 Å². The van der Waals surface area contributed by atoms with Crippen LogP contribution in [0.5, 0.6) is 0 Å². The smallest absolute Gasteiger partial charge is 0.306 e. The summed E-state index contributed by atoms with van der Waals surface area (Å²) in [5.41, 5.74) is 1.79. The summed E-state index contributed by atoms with van der Waals surface area (Å²) in [5, 5.41) is 2.69. The van der Waals surface area contributed by atoms with Crippen molar-refractivity contribution < 1.29 is 19.1 Å². The molecule has 0 unspecified atom stereocenters. The summed E-state index contributed by atoms with van der Waals surface area (Å²) in [4.78, 5) is 24.8. The summed E-state index contributed by atoms with van der Waals surface area (Å²) in [5.74, 6) is -0.719. The molecule has 0 saturated carbocycles. The third-order valence-electron chi connectivity index (χ3n) is 3.18. The molecule has 0 atom stereocenters. The van der Waals surface area contributed by atoms with E-state index in [0.29, 0.717) is 5.69 Å². The van der Waals surface area contributed by atoms with Gasteiger partial charge in [0.05, 0.1) is 13.2 Å². The summed E-state index contributed by atoms with van der Waals surface area (Å²) in [6.07, 6.45) is 0.265. The molecule has 114 valence electrons. The van der Waals surface area contributed by atoms with Crippen LogP contribution in [0.2, 0.25) is 0 Å². The van der Waals surface area contributed by atoms with Gasteiger partial charge >= 0.3 is 5.97 Å². The molecule has 0 aromatic heterocycles. The van der Waals surface area contributed by atoms with Gasteiger partial charge in [-0.1, -0.05) is 6.92 Å². The number of nitrogens with one attached hydrogen (secondary N) is 1. The Hall–Kier alpha value is -2.08. The number of carbonyl (C=O) groups is 2. The Bertz CT molecular complexity index is 481. The SMILES string of the molecule is CCC(=O)OCC(=O)Nc1ccc(N2CCOCC2)cc1. The van der Waals surface area contributed by atoms with Crippen molar-refractivity contribution in [3.8, 4) is 0 Å². The number of amides is 1. The summed E-state index contributed by atoms with van der Waals surface area (Å²) < 4.78 is 10.1. The van der Waals surface area contributed by atoms with E-state index in [1.165, 1.54) is 0 Å². The second-order valence-electron chi connectivity index (χ2n) is 4.71. The third-order valence-corrected chi connectivity index (χ3v) is 3.18. The number of hydrogen-bond donors (Lipinski definition) is 1. The molecule has 1 aliphatic rings. The van der Waals surface area contributed by atoms with E-state index in [1.807, 2.05) is 24.3 Å². The van der Waals surface area contributed by atoms with Gasteiger partial charge in [0.15, 0.2) is 6.61 Å². The number of rotatable bonds is 5. The Morgan fingerprint density at radius 2 is 1.90 bits per heavy atom. The second kappa shape index (κ2) is 7.64. The van der Waals surface area contributed by atoms with Crippen molar-refractivity contribution in [1.29, 1.82) is 0 Å². The van der Waals surface area contributed by atoms with Crippen molar-refractivity contribution >= 4 is 23.3 Å². The lowest BCUT2D eigenvalue weighted by molar-refractivity contribution is -0.146. The molecule has 1 saturated heterocycles. The Labute approximate surface area is 124 Å². The second-order valence-corrected chi connectivity index (χ2v) is 4.71. The van der Waals surface area contributed by atoms with Crippen molar-refractivity contribution in [2.24, 2.45) is 0 Å². The van der Waals surface area contributed by atoms with Gasteiger partial charge in [-0.25, -0.2) is 0 Å². The van der Waals surface area contributed by atoms with E-state index in [9.17, 15) is 9.59 Å². The maximum atomic E-state index is 11.6. The van der Waals surface area contributed by atoms with Gasteiger partial charge < -0.3 is 19.7 Å².